The summed E-state index contributed by atoms with van der Waals surface area (Å²) in [5.41, 5.74) is 7.33. The molecule has 4 N–H and O–H groups in total. The van der Waals surface area contributed by atoms with Gasteiger partial charge in [0.2, 0.25) is 5.91 Å². The highest BCUT2D eigenvalue weighted by Crippen LogP contribution is 2.16. The molecule has 2 rings (SSSR count). The molecular weight excluding hydrogens is 336 g/mol. The average molecular weight is 358 g/mol. The molecule has 0 bridgehead atoms. The number of rotatable bonds is 9. The van der Waals surface area contributed by atoms with Crippen molar-refractivity contribution in [2.75, 3.05) is 24.2 Å². The molecule has 2 amide bonds. The van der Waals surface area contributed by atoms with Crippen LogP contribution in [0.2, 0.25) is 0 Å². The third-order valence-electron chi connectivity index (χ3n) is 3.33. The van der Waals surface area contributed by atoms with Gasteiger partial charge in [-0.15, -0.1) is 0 Å². The van der Waals surface area contributed by atoms with E-state index in [2.05, 4.69) is 15.6 Å². The van der Waals surface area contributed by atoms with Crippen molar-refractivity contribution in [3.63, 3.8) is 0 Å². The van der Waals surface area contributed by atoms with E-state index in [-0.39, 0.29) is 11.8 Å². The molecule has 0 aliphatic carbocycles. The molecule has 0 unspecified atom stereocenters. The Morgan fingerprint density at radius 1 is 1.12 bits per heavy atom. The first kappa shape index (κ1) is 19.0. The van der Waals surface area contributed by atoms with Gasteiger partial charge in [0.25, 0.3) is 5.91 Å². The fourth-order valence-corrected chi connectivity index (χ4v) is 2.96. The zero-order valence-electron chi connectivity index (χ0n) is 13.9. The third-order valence-corrected chi connectivity index (χ3v) is 4.32. The number of benzene rings is 1. The normalized spacial score (nSPS) is 10.3. The molecule has 0 aliphatic heterocycles. The second kappa shape index (κ2) is 10.5. The fraction of sp³-hybridized carbons (Fsp3) is 0.278. The molecule has 25 heavy (non-hydrogen) atoms. The third kappa shape index (κ3) is 6.56. The Bertz CT molecular complexity index is 694. The maximum absolute atomic E-state index is 12.1. The van der Waals surface area contributed by atoms with E-state index in [0.717, 1.165) is 11.4 Å². The second-order valence-electron chi connectivity index (χ2n) is 5.26. The number of carbonyl (C=O) groups is 2. The van der Waals surface area contributed by atoms with E-state index in [9.17, 15) is 9.59 Å². The highest BCUT2D eigenvalue weighted by atomic mass is 32.2. The number of thioether (sulfide) groups is 1. The second-order valence-corrected chi connectivity index (χ2v) is 6.37. The van der Waals surface area contributed by atoms with Crippen molar-refractivity contribution < 1.29 is 9.59 Å². The molecule has 0 saturated heterocycles. The van der Waals surface area contributed by atoms with Crippen molar-refractivity contribution in [1.82, 2.24) is 10.3 Å². The first-order chi connectivity index (χ1) is 12.2. The van der Waals surface area contributed by atoms with Crippen molar-refractivity contribution in [3.05, 3.63) is 59.9 Å². The van der Waals surface area contributed by atoms with Crippen LogP contribution >= 0.6 is 11.8 Å². The number of nitrogens with one attached hydrogen (secondary N) is 2. The fourth-order valence-electron chi connectivity index (χ4n) is 2.11. The number of pyridine rings is 1. The minimum absolute atomic E-state index is 0.118. The molecule has 2 aromatic rings. The van der Waals surface area contributed by atoms with Crippen LogP contribution in [0.4, 0.5) is 5.69 Å². The summed E-state index contributed by atoms with van der Waals surface area (Å²) in [6.45, 7) is 0.763. The van der Waals surface area contributed by atoms with E-state index in [1.807, 2.05) is 18.2 Å². The largest absolute Gasteiger partial charge is 0.351 e. The predicted octanol–water partition coefficient (Wildman–Crippen LogP) is 2.03. The van der Waals surface area contributed by atoms with Crippen LogP contribution in [0.25, 0.3) is 0 Å². The first-order valence-corrected chi connectivity index (χ1v) is 9.21. The van der Waals surface area contributed by atoms with Crippen molar-refractivity contribution in [1.29, 1.82) is 0 Å². The van der Waals surface area contributed by atoms with E-state index in [4.69, 9.17) is 5.73 Å². The van der Waals surface area contributed by atoms with E-state index < -0.39 is 0 Å². The number of nitrogens with zero attached hydrogens (tertiary/aromatic N) is 1. The van der Waals surface area contributed by atoms with Gasteiger partial charge in [0, 0.05) is 37.2 Å². The lowest BCUT2D eigenvalue weighted by Gasteiger charge is -2.11. The molecule has 0 radical (unpaired) electrons. The summed E-state index contributed by atoms with van der Waals surface area (Å²) in [6, 6.07) is 12.7. The number of carbonyl (C=O) groups excluding carboxylic acids is 2. The summed E-state index contributed by atoms with van der Waals surface area (Å²) in [5, 5.41) is 5.51. The number of para-hydroxylation sites is 1. The Labute approximate surface area is 151 Å². The number of hydrogen-bond acceptors (Lipinski definition) is 5. The van der Waals surface area contributed by atoms with Crippen LogP contribution in [0.15, 0.2) is 48.7 Å². The van der Waals surface area contributed by atoms with Gasteiger partial charge in [-0.25, -0.2) is 0 Å². The Kier molecular flexibility index (Phi) is 7.94. The van der Waals surface area contributed by atoms with Crippen LogP contribution in [0.1, 0.15) is 22.5 Å². The average Bonchev–Trinajstić information content (AvgIpc) is 2.64. The molecule has 0 fully saturated rings. The number of hydrogen-bond donors (Lipinski definition) is 3. The van der Waals surface area contributed by atoms with Crippen molar-refractivity contribution in [2.24, 2.45) is 5.73 Å². The van der Waals surface area contributed by atoms with Gasteiger partial charge >= 0.3 is 0 Å². The Morgan fingerprint density at radius 3 is 2.68 bits per heavy atom. The molecular formula is C18H22N4O2S. The van der Waals surface area contributed by atoms with Gasteiger partial charge in [-0.3, -0.25) is 14.6 Å². The zero-order chi connectivity index (χ0) is 17.9. The number of aromatic nitrogens is 1. The van der Waals surface area contributed by atoms with Gasteiger partial charge in [-0.1, -0.05) is 18.2 Å². The van der Waals surface area contributed by atoms with Gasteiger partial charge in [0.15, 0.2) is 0 Å². The van der Waals surface area contributed by atoms with Gasteiger partial charge < -0.3 is 16.4 Å². The molecule has 0 saturated carbocycles. The Morgan fingerprint density at radius 2 is 1.92 bits per heavy atom. The van der Waals surface area contributed by atoms with Crippen molar-refractivity contribution in [2.45, 2.75) is 12.2 Å². The molecule has 6 nitrogen and oxygen atoms in total. The SMILES string of the molecule is NCCNC(=O)c1ccccc1NC(=O)CCSCc1ccccn1. The molecule has 0 aliphatic rings. The molecule has 1 aromatic heterocycles. The minimum atomic E-state index is -0.245. The lowest BCUT2D eigenvalue weighted by atomic mass is 10.1. The van der Waals surface area contributed by atoms with Crippen LogP contribution in [-0.2, 0) is 10.5 Å². The van der Waals surface area contributed by atoms with E-state index in [1.165, 1.54) is 0 Å². The monoisotopic (exact) mass is 358 g/mol. The zero-order valence-corrected chi connectivity index (χ0v) is 14.7. The highest BCUT2D eigenvalue weighted by Gasteiger charge is 2.12. The first-order valence-electron chi connectivity index (χ1n) is 8.05. The molecule has 0 spiro atoms. The molecule has 132 valence electrons. The van der Waals surface area contributed by atoms with Crippen LogP contribution in [-0.4, -0.2) is 35.6 Å². The molecule has 1 aromatic carbocycles. The van der Waals surface area contributed by atoms with E-state index in [0.29, 0.717) is 36.5 Å². The smallest absolute Gasteiger partial charge is 0.253 e. The topological polar surface area (TPSA) is 97.1 Å². The number of nitrogens with two attached hydrogens (primary N) is 1. The molecule has 0 atom stereocenters. The summed E-state index contributed by atoms with van der Waals surface area (Å²) < 4.78 is 0. The maximum atomic E-state index is 12.1. The lowest BCUT2D eigenvalue weighted by Crippen LogP contribution is -2.30. The number of anilines is 1. The van der Waals surface area contributed by atoms with Crippen LogP contribution in [0.5, 0.6) is 0 Å². The van der Waals surface area contributed by atoms with E-state index in [1.54, 1.807) is 42.2 Å². The standard InChI is InChI=1S/C18H22N4O2S/c19-9-11-21-18(24)15-6-1-2-7-16(15)22-17(23)8-12-25-13-14-5-3-4-10-20-14/h1-7,10H,8-9,11-13,19H2,(H,21,24)(H,22,23). The quantitative estimate of drug-likeness (QED) is 0.596. The van der Waals surface area contributed by atoms with Gasteiger partial charge in [-0.2, -0.15) is 11.8 Å². The predicted molar refractivity (Wildman–Crippen MR) is 101 cm³/mol. The Balaban J connectivity index is 1.81. The summed E-state index contributed by atoms with van der Waals surface area (Å²) in [7, 11) is 0. The summed E-state index contributed by atoms with van der Waals surface area (Å²) >= 11 is 1.65. The van der Waals surface area contributed by atoms with Crippen LogP contribution < -0.4 is 16.4 Å². The number of amides is 2. The lowest BCUT2D eigenvalue weighted by molar-refractivity contribution is -0.115. The van der Waals surface area contributed by atoms with Gasteiger partial charge in [0.05, 0.1) is 16.9 Å². The maximum Gasteiger partial charge on any atom is 0.253 e. The molecule has 7 heteroatoms. The van der Waals surface area contributed by atoms with Crippen LogP contribution in [0.3, 0.4) is 0 Å². The molecule has 1 heterocycles. The van der Waals surface area contributed by atoms with Crippen molar-refractivity contribution in [3.8, 4) is 0 Å². The summed E-state index contributed by atoms with van der Waals surface area (Å²) in [6.07, 6.45) is 2.13. The van der Waals surface area contributed by atoms with Gasteiger partial charge in [-0.05, 0) is 24.3 Å². The summed E-state index contributed by atoms with van der Waals surface area (Å²) in [5.74, 6) is 1.09. The van der Waals surface area contributed by atoms with E-state index >= 15 is 0 Å². The Hall–Kier alpha value is -2.38. The highest BCUT2D eigenvalue weighted by molar-refractivity contribution is 7.98. The van der Waals surface area contributed by atoms with Gasteiger partial charge in [0.1, 0.15) is 0 Å². The minimum Gasteiger partial charge on any atom is -0.351 e. The van der Waals surface area contributed by atoms with Crippen LogP contribution in [0, 0.1) is 0 Å². The van der Waals surface area contributed by atoms with Crippen molar-refractivity contribution >= 4 is 29.3 Å². The summed E-state index contributed by atoms with van der Waals surface area (Å²) in [4.78, 5) is 28.5.